The molecule has 0 radical (unpaired) electrons. The minimum Gasteiger partial charge on any atom is -0.383 e. The fraction of sp³-hybridized carbons (Fsp3) is 0.500. The molecule has 0 amide bonds. The molecule has 4 N–H and O–H groups in total. The summed E-state index contributed by atoms with van der Waals surface area (Å²) in [4.78, 5) is 4.01. The second kappa shape index (κ2) is 5.83. The molecule has 1 rings (SSSR count). The van der Waals surface area contributed by atoms with Gasteiger partial charge in [0, 0.05) is 17.8 Å². The third-order valence-electron chi connectivity index (χ3n) is 2.49. The van der Waals surface area contributed by atoms with Crippen molar-refractivity contribution >= 4 is 18.2 Å². The van der Waals surface area contributed by atoms with Gasteiger partial charge in [-0.15, -0.1) is 12.4 Å². The summed E-state index contributed by atoms with van der Waals surface area (Å²) in [6.45, 7) is 4.24. The van der Waals surface area contributed by atoms with Gasteiger partial charge < -0.3 is 11.5 Å². The number of nitrogens with two attached hydrogens (primary N) is 2. The van der Waals surface area contributed by atoms with Crippen LogP contribution in [-0.2, 0) is 0 Å². The lowest BCUT2D eigenvalue weighted by atomic mass is 9.94. The monoisotopic (exact) mass is 215 g/mol. The average molecular weight is 216 g/mol. The number of nitrogen functional groups attached to an aromatic ring is 1. The van der Waals surface area contributed by atoms with Gasteiger partial charge in [0.25, 0.3) is 0 Å². The molecule has 0 saturated carbocycles. The number of hydrogen-bond donors (Lipinski definition) is 2. The average Bonchev–Trinajstić information content (AvgIpc) is 2.16. The van der Waals surface area contributed by atoms with Gasteiger partial charge in [-0.25, -0.2) is 4.98 Å². The van der Waals surface area contributed by atoms with Gasteiger partial charge in [0.15, 0.2) is 0 Å². The summed E-state index contributed by atoms with van der Waals surface area (Å²) in [6, 6.07) is 3.81. The van der Waals surface area contributed by atoms with Crippen molar-refractivity contribution < 1.29 is 0 Å². The lowest BCUT2D eigenvalue weighted by Gasteiger charge is -2.19. The van der Waals surface area contributed by atoms with E-state index in [0.717, 1.165) is 12.0 Å². The molecule has 0 spiro atoms. The maximum Gasteiger partial charge on any atom is 0.128 e. The highest BCUT2D eigenvalue weighted by Crippen LogP contribution is 2.24. The summed E-state index contributed by atoms with van der Waals surface area (Å²) in [5.41, 5.74) is 12.7. The third-order valence-corrected chi connectivity index (χ3v) is 2.49. The molecule has 0 bridgehead atoms. The summed E-state index contributed by atoms with van der Waals surface area (Å²) >= 11 is 0. The molecule has 1 unspecified atom stereocenters. The van der Waals surface area contributed by atoms with Gasteiger partial charge in [-0.05, 0) is 12.0 Å². The summed E-state index contributed by atoms with van der Waals surface area (Å²) in [5.74, 6) is 0.988. The van der Waals surface area contributed by atoms with E-state index in [9.17, 15) is 0 Å². The molecule has 1 heterocycles. The summed E-state index contributed by atoms with van der Waals surface area (Å²) in [6.07, 6.45) is 2.73. The Morgan fingerprint density at radius 2 is 2.14 bits per heavy atom. The predicted octanol–water partition coefficient (Wildman–Crippen LogP) is 2.13. The van der Waals surface area contributed by atoms with Gasteiger partial charge in [0.05, 0.1) is 0 Å². The van der Waals surface area contributed by atoms with Gasteiger partial charge in [-0.2, -0.15) is 0 Å². The largest absolute Gasteiger partial charge is 0.383 e. The lowest BCUT2D eigenvalue weighted by Crippen LogP contribution is -2.20. The second-order valence-corrected chi connectivity index (χ2v) is 3.39. The Morgan fingerprint density at radius 1 is 1.50 bits per heavy atom. The Balaban J connectivity index is 0.00000169. The van der Waals surface area contributed by atoms with E-state index in [0.29, 0.717) is 11.7 Å². The van der Waals surface area contributed by atoms with Crippen molar-refractivity contribution in [1.82, 2.24) is 4.98 Å². The van der Waals surface area contributed by atoms with Crippen LogP contribution in [0.2, 0.25) is 0 Å². The van der Waals surface area contributed by atoms with E-state index in [2.05, 4.69) is 18.8 Å². The van der Waals surface area contributed by atoms with Gasteiger partial charge >= 0.3 is 0 Å². The topological polar surface area (TPSA) is 64.9 Å². The Bertz CT molecular complexity index is 278. The highest BCUT2D eigenvalue weighted by molar-refractivity contribution is 5.85. The number of rotatable bonds is 3. The van der Waals surface area contributed by atoms with Crippen LogP contribution < -0.4 is 11.5 Å². The van der Waals surface area contributed by atoms with E-state index in [-0.39, 0.29) is 18.4 Å². The number of aromatic nitrogens is 1. The van der Waals surface area contributed by atoms with Crippen LogP contribution in [0.15, 0.2) is 18.3 Å². The van der Waals surface area contributed by atoms with Crippen molar-refractivity contribution in [2.45, 2.75) is 26.3 Å². The molecule has 0 aliphatic heterocycles. The van der Waals surface area contributed by atoms with Gasteiger partial charge in [-0.3, -0.25) is 0 Å². The minimum absolute atomic E-state index is 0. The van der Waals surface area contributed by atoms with Crippen LogP contribution in [0.25, 0.3) is 0 Å². The van der Waals surface area contributed by atoms with Crippen LogP contribution in [0.4, 0.5) is 5.82 Å². The highest BCUT2D eigenvalue weighted by atomic mass is 35.5. The van der Waals surface area contributed by atoms with Gasteiger partial charge in [0.1, 0.15) is 5.82 Å². The van der Waals surface area contributed by atoms with Crippen LogP contribution in [0.5, 0.6) is 0 Å². The van der Waals surface area contributed by atoms with Crippen molar-refractivity contribution in [3.63, 3.8) is 0 Å². The lowest BCUT2D eigenvalue weighted by molar-refractivity contribution is 0.457. The number of halogens is 1. The van der Waals surface area contributed by atoms with E-state index < -0.39 is 0 Å². The molecule has 14 heavy (non-hydrogen) atoms. The minimum atomic E-state index is -0.00120. The molecule has 80 valence electrons. The van der Waals surface area contributed by atoms with Gasteiger partial charge in [0.2, 0.25) is 0 Å². The first-order valence-electron chi connectivity index (χ1n) is 4.62. The zero-order chi connectivity index (χ0) is 9.84. The molecule has 1 aromatic heterocycles. The van der Waals surface area contributed by atoms with Crippen LogP contribution in [-0.4, -0.2) is 4.98 Å². The highest BCUT2D eigenvalue weighted by Gasteiger charge is 2.15. The third kappa shape index (κ3) is 2.86. The number of hydrogen-bond acceptors (Lipinski definition) is 3. The zero-order valence-electron chi connectivity index (χ0n) is 8.60. The maximum absolute atomic E-state index is 6.03. The van der Waals surface area contributed by atoms with E-state index in [1.54, 1.807) is 6.20 Å². The first-order chi connectivity index (χ1) is 6.16. The predicted molar refractivity (Wildman–Crippen MR) is 62.3 cm³/mol. The van der Waals surface area contributed by atoms with E-state index >= 15 is 0 Å². The molecule has 0 aliphatic carbocycles. The van der Waals surface area contributed by atoms with E-state index in [1.807, 2.05) is 12.1 Å². The Morgan fingerprint density at radius 3 is 2.64 bits per heavy atom. The molecule has 3 nitrogen and oxygen atoms in total. The van der Waals surface area contributed by atoms with Crippen LogP contribution in [0, 0.1) is 5.92 Å². The summed E-state index contributed by atoms with van der Waals surface area (Å²) in [7, 11) is 0. The summed E-state index contributed by atoms with van der Waals surface area (Å²) < 4.78 is 0. The van der Waals surface area contributed by atoms with Crippen molar-refractivity contribution in [2.75, 3.05) is 5.73 Å². The number of nitrogens with zero attached hydrogens (tertiary/aromatic N) is 1. The molecular weight excluding hydrogens is 198 g/mol. The fourth-order valence-corrected chi connectivity index (χ4v) is 1.27. The normalized spacial score (nSPS) is 14.2. The van der Waals surface area contributed by atoms with Crippen LogP contribution in [0.1, 0.15) is 31.9 Å². The standard InChI is InChI=1S/C10H17N3.ClH/c1-3-7(2)9(11)8-5-4-6-13-10(8)12;/h4-7,9H,3,11H2,1-2H3,(H2,12,13);1H/t7?,9-;/m1./s1. The quantitative estimate of drug-likeness (QED) is 0.812. The molecule has 0 aliphatic rings. The SMILES string of the molecule is CCC(C)[C@@H](N)c1cccnc1N.Cl. The maximum atomic E-state index is 6.03. The Hall–Kier alpha value is -0.800. The molecule has 2 atom stereocenters. The van der Waals surface area contributed by atoms with Crippen molar-refractivity contribution in [2.24, 2.45) is 11.7 Å². The molecule has 4 heteroatoms. The zero-order valence-corrected chi connectivity index (χ0v) is 9.42. The van der Waals surface area contributed by atoms with Crippen molar-refractivity contribution in [3.8, 4) is 0 Å². The Kier molecular flexibility index (Phi) is 5.50. The summed E-state index contributed by atoms with van der Waals surface area (Å²) in [5, 5.41) is 0. The second-order valence-electron chi connectivity index (χ2n) is 3.39. The Labute approximate surface area is 91.3 Å². The first kappa shape index (κ1) is 13.2. The van der Waals surface area contributed by atoms with Crippen molar-refractivity contribution in [3.05, 3.63) is 23.9 Å². The van der Waals surface area contributed by atoms with Gasteiger partial charge in [-0.1, -0.05) is 26.3 Å². The molecule has 0 aromatic carbocycles. The van der Waals surface area contributed by atoms with Crippen molar-refractivity contribution in [1.29, 1.82) is 0 Å². The van der Waals surface area contributed by atoms with E-state index in [4.69, 9.17) is 11.5 Å². The number of pyridine rings is 1. The molecule has 1 aromatic rings. The smallest absolute Gasteiger partial charge is 0.128 e. The van der Waals surface area contributed by atoms with E-state index in [1.165, 1.54) is 0 Å². The molecular formula is C10H18ClN3. The van der Waals surface area contributed by atoms with Crippen LogP contribution in [0.3, 0.4) is 0 Å². The van der Waals surface area contributed by atoms with Crippen LogP contribution >= 0.6 is 12.4 Å². The number of anilines is 1. The first-order valence-corrected chi connectivity index (χ1v) is 4.62. The fourth-order valence-electron chi connectivity index (χ4n) is 1.27. The molecule has 0 fully saturated rings. The molecule has 0 saturated heterocycles.